The maximum Gasteiger partial charge on any atom is 0.240 e. The quantitative estimate of drug-likeness (QED) is 0.713. The number of nitrogens with zero attached hydrogens (tertiary/aromatic N) is 1. The van der Waals surface area contributed by atoms with Crippen LogP contribution >= 0.6 is 0 Å². The lowest BCUT2D eigenvalue weighted by Crippen LogP contribution is -2.38. The molecule has 0 atom stereocenters. The highest BCUT2D eigenvalue weighted by atomic mass is 32.2. The van der Waals surface area contributed by atoms with E-state index in [9.17, 15) is 13.2 Å². The number of carbonyl (C=O) groups excluding carboxylic acids is 1. The van der Waals surface area contributed by atoms with Crippen LogP contribution in [-0.2, 0) is 21.2 Å². The molecule has 2 aromatic rings. The number of nitrogens with one attached hydrogen (secondary N) is 1. The van der Waals surface area contributed by atoms with Gasteiger partial charge in [-0.1, -0.05) is 24.3 Å². The fourth-order valence-electron chi connectivity index (χ4n) is 2.66. The number of amides is 1. The van der Waals surface area contributed by atoms with Gasteiger partial charge in [0.1, 0.15) is 5.75 Å². The minimum absolute atomic E-state index is 0.0849. The van der Waals surface area contributed by atoms with Gasteiger partial charge >= 0.3 is 0 Å². The van der Waals surface area contributed by atoms with Crippen molar-refractivity contribution in [2.24, 2.45) is 0 Å². The third kappa shape index (κ3) is 6.37. The molecule has 0 aliphatic heterocycles. The molecule has 146 valence electrons. The van der Waals surface area contributed by atoms with Crippen molar-refractivity contribution >= 4 is 15.9 Å². The van der Waals surface area contributed by atoms with Crippen molar-refractivity contribution in [3.63, 3.8) is 0 Å². The molecule has 0 aromatic heterocycles. The van der Waals surface area contributed by atoms with Crippen LogP contribution in [0.15, 0.2) is 53.4 Å². The second kappa shape index (κ2) is 9.53. The van der Waals surface area contributed by atoms with E-state index in [4.69, 9.17) is 4.74 Å². The molecule has 0 spiro atoms. The number of sulfonamides is 1. The van der Waals surface area contributed by atoms with E-state index in [1.165, 1.54) is 6.92 Å². The van der Waals surface area contributed by atoms with E-state index in [0.29, 0.717) is 19.5 Å². The van der Waals surface area contributed by atoms with Crippen LogP contribution in [0.4, 0.5) is 0 Å². The van der Waals surface area contributed by atoms with Gasteiger partial charge in [-0.05, 0) is 48.7 Å². The molecular formula is C20H26N2O4S. The average Bonchev–Trinajstić information content (AvgIpc) is 2.64. The first-order valence-corrected chi connectivity index (χ1v) is 10.2. The summed E-state index contributed by atoms with van der Waals surface area (Å²) in [5.74, 6) is 0.700. The first-order valence-electron chi connectivity index (χ1n) is 8.76. The highest BCUT2D eigenvalue weighted by molar-refractivity contribution is 7.89. The van der Waals surface area contributed by atoms with Gasteiger partial charge in [-0.3, -0.25) is 4.79 Å². The van der Waals surface area contributed by atoms with Crippen molar-refractivity contribution in [1.82, 2.24) is 9.62 Å². The Morgan fingerprint density at radius 3 is 2.41 bits per heavy atom. The van der Waals surface area contributed by atoms with Crippen molar-refractivity contribution in [3.8, 4) is 5.75 Å². The van der Waals surface area contributed by atoms with Crippen molar-refractivity contribution in [3.05, 3.63) is 59.7 Å². The van der Waals surface area contributed by atoms with Crippen LogP contribution in [0, 0.1) is 6.92 Å². The summed E-state index contributed by atoms with van der Waals surface area (Å²) in [6, 6.07) is 14.4. The molecule has 6 nitrogen and oxygen atoms in total. The number of aryl methyl sites for hydroxylation is 1. The third-order valence-electron chi connectivity index (χ3n) is 4.25. The van der Waals surface area contributed by atoms with Gasteiger partial charge in [0, 0.05) is 26.6 Å². The number of methoxy groups -OCH3 is 1. The summed E-state index contributed by atoms with van der Waals surface area (Å²) < 4.78 is 32.4. The number of benzene rings is 2. The first kappa shape index (κ1) is 20.9. The maximum atomic E-state index is 12.3. The van der Waals surface area contributed by atoms with Crippen molar-refractivity contribution < 1.29 is 17.9 Å². The normalized spacial score (nSPS) is 11.2. The van der Waals surface area contributed by atoms with Gasteiger partial charge in [0.25, 0.3) is 0 Å². The van der Waals surface area contributed by atoms with E-state index in [2.05, 4.69) is 4.72 Å². The van der Waals surface area contributed by atoms with E-state index in [1.54, 1.807) is 30.2 Å². The van der Waals surface area contributed by atoms with Crippen LogP contribution in [0.5, 0.6) is 5.75 Å². The Morgan fingerprint density at radius 2 is 1.81 bits per heavy atom. The predicted molar refractivity (Wildman–Crippen MR) is 105 cm³/mol. The summed E-state index contributed by atoms with van der Waals surface area (Å²) in [5.41, 5.74) is 1.96. The van der Waals surface area contributed by atoms with E-state index in [-0.39, 0.29) is 17.3 Å². The number of hydrogen-bond acceptors (Lipinski definition) is 4. The fourth-order valence-corrected chi connectivity index (χ4v) is 3.79. The Morgan fingerprint density at radius 1 is 1.11 bits per heavy atom. The minimum Gasteiger partial charge on any atom is -0.497 e. The van der Waals surface area contributed by atoms with Crippen LogP contribution in [0.1, 0.15) is 18.1 Å². The molecular weight excluding hydrogens is 364 g/mol. The first-order chi connectivity index (χ1) is 12.8. The zero-order chi connectivity index (χ0) is 19.9. The molecule has 0 unspecified atom stereocenters. The molecule has 0 aliphatic rings. The average molecular weight is 391 g/mol. The lowest BCUT2D eigenvalue weighted by molar-refractivity contribution is -0.128. The summed E-state index contributed by atoms with van der Waals surface area (Å²) in [6.45, 7) is 4.33. The third-order valence-corrected chi connectivity index (χ3v) is 5.71. The molecule has 0 fully saturated rings. The predicted octanol–water partition coefficient (Wildman–Crippen LogP) is 2.37. The van der Waals surface area contributed by atoms with Gasteiger partial charge < -0.3 is 9.64 Å². The number of carbonyl (C=O) groups is 1. The molecule has 0 aliphatic carbocycles. The second-order valence-electron chi connectivity index (χ2n) is 6.32. The Bertz CT molecular complexity index is 864. The van der Waals surface area contributed by atoms with Crippen molar-refractivity contribution in [2.75, 3.05) is 26.7 Å². The second-order valence-corrected chi connectivity index (χ2v) is 8.09. The summed E-state index contributed by atoms with van der Waals surface area (Å²) in [5, 5.41) is 0. The zero-order valence-corrected chi connectivity index (χ0v) is 16.8. The Hall–Kier alpha value is -2.38. The molecule has 0 heterocycles. The fraction of sp³-hybridized carbons (Fsp3) is 0.350. The number of ether oxygens (including phenoxy) is 1. The van der Waals surface area contributed by atoms with Gasteiger partial charge in [0.15, 0.2) is 0 Å². The Balaban J connectivity index is 1.89. The molecule has 2 aromatic carbocycles. The summed E-state index contributed by atoms with van der Waals surface area (Å²) >= 11 is 0. The largest absolute Gasteiger partial charge is 0.497 e. The van der Waals surface area contributed by atoms with Gasteiger partial charge in [-0.25, -0.2) is 13.1 Å². The smallest absolute Gasteiger partial charge is 0.240 e. The van der Waals surface area contributed by atoms with Gasteiger partial charge in [-0.15, -0.1) is 0 Å². The van der Waals surface area contributed by atoms with Crippen LogP contribution in [0.2, 0.25) is 0 Å². The SMILES string of the molecule is COc1ccc(CCN(CCNS(=O)(=O)c2cccc(C)c2)C(C)=O)cc1. The summed E-state index contributed by atoms with van der Waals surface area (Å²) in [4.78, 5) is 13.7. The summed E-state index contributed by atoms with van der Waals surface area (Å²) in [7, 11) is -1.97. The van der Waals surface area contributed by atoms with E-state index < -0.39 is 10.0 Å². The van der Waals surface area contributed by atoms with Crippen molar-refractivity contribution in [1.29, 1.82) is 0 Å². The maximum absolute atomic E-state index is 12.3. The molecule has 7 heteroatoms. The van der Waals surface area contributed by atoms with Crippen LogP contribution in [0.3, 0.4) is 0 Å². The van der Waals surface area contributed by atoms with Crippen LogP contribution < -0.4 is 9.46 Å². The van der Waals surface area contributed by atoms with E-state index in [0.717, 1.165) is 16.9 Å². The van der Waals surface area contributed by atoms with Gasteiger partial charge in [-0.2, -0.15) is 0 Å². The molecule has 1 amide bonds. The van der Waals surface area contributed by atoms with Crippen LogP contribution in [-0.4, -0.2) is 46.0 Å². The van der Waals surface area contributed by atoms with E-state index >= 15 is 0 Å². The molecule has 0 radical (unpaired) electrons. The monoisotopic (exact) mass is 390 g/mol. The topological polar surface area (TPSA) is 75.7 Å². The lowest BCUT2D eigenvalue weighted by Gasteiger charge is -2.21. The summed E-state index contributed by atoms with van der Waals surface area (Å²) in [6.07, 6.45) is 0.689. The molecule has 27 heavy (non-hydrogen) atoms. The van der Waals surface area contributed by atoms with Gasteiger partial charge in [0.05, 0.1) is 12.0 Å². The van der Waals surface area contributed by atoms with Gasteiger partial charge in [0.2, 0.25) is 15.9 Å². The zero-order valence-electron chi connectivity index (χ0n) is 15.9. The number of rotatable bonds is 9. The highest BCUT2D eigenvalue weighted by Crippen LogP contribution is 2.12. The molecule has 2 rings (SSSR count). The minimum atomic E-state index is -3.58. The standard InChI is InChI=1S/C20H26N2O4S/c1-16-5-4-6-20(15-16)27(24,25)21-12-14-22(17(2)23)13-11-18-7-9-19(26-3)10-8-18/h4-10,15,21H,11-14H2,1-3H3. The lowest BCUT2D eigenvalue weighted by atomic mass is 10.1. The molecule has 0 saturated carbocycles. The molecule has 0 bridgehead atoms. The van der Waals surface area contributed by atoms with E-state index in [1.807, 2.05) is 37.3 Å². The Kier molecular flexibility index (Phi) is 7.38. The Labute approximate surface area is 161 Å². The van der Waals surface area contributed by atoms with Crippen molar-refractivity contribution in [2.45, 2.75) is 25.2 Å². The molecule has 1 N–H and O–H groups in total. The number of hydrogen-bond donors (Lipinski definition) is 1. The van der Waals surface area contributed by atoms with Crippen LogP contribution in [0.25, 0.3) is 0 Å². The highest BCUT2D eigenvalue weighted by Gasteiger charge is 2.15. The molecule has 0 saturated heterocycles.